The first-order chi connectivity index (χ1) is 11.1. The Balaban J connectivity index is 0.000000203. The maximum absolute atomic E-state index is 8.10. The Morgan fingerprint density at radius 2 is 2.00 bits per heavy atom. The van der Waals surface area contributed by atoms with Crippen LogP contribution in [0.2, 0.25) is 0 Å². The molecule has 3 N–H and O–H groups in total. The Kier molecular flexibility index (Phi) is 6.58. The summed E-state index contributed by atoms with van der Waals surface area (Å²) in [5, 5.41) is 11.8. The minimum absolute atomic E-state index is 0.408. The summed E-state index contributed by atoms with van der Waals surface area (Å²) in [5.41, 5.74) is 8.65. The molecule has 23 heavy (non-hydrogen) atoms. The van der Waals surface area contributed by atoms with Crippen molar-refractivity contribution >= 4 is 40.8 Å². The van der Waals surface area contributed by atoms with Crippen LogP contribution in [-0.2, 0) is 0 Å². The predicted octanol–water partition coefficient (Wildman–Crippen LogP) is 3.45. The highest BCUT2D eigenvalue weighted by Gasteiger charge is 2.03. The van der Waals surface area contributed by atoms with E-state index in [9.17, 15) is 0 Å². The van der Waals surface area contributed by atoms with Gasteiger partial charge in [-0.25, -0.2) is 9.97 Å². The fraction of sp³-hybridized carbons (Fsp3) is 0.0667. The van der Waals surface area contributed by atoms with Crippen molar-refractivity contribution in [3.63, 3.8) is 0 Å². The van der Waals surface area contributed by atoms with Gasteiger partial charge in [-0.15, -0.1) is 11.3 Å². The summed E-state index contributed by atoms with van der Waals surface area (Å²) in [7, 11) is 0.669. The molecule has 0 aliphatic carbocycles. The van der Waals surface area contributed by atoms with E-state index in [0.29, 0.717) is 23.9 Å². The van der Waals surface area contributed by atoms with Gasteiger partial charge >= 0.3 is 7.69 Å². The van der Waals surface area contributed by atoms with Crippen LogP contribution in [0.15, 0.2) is 51.9 Å². The van der Waals surface area contributed by atoms with Gasteiger partial charge in [-0.3, -0.25) is 0 Å². The molecular weight excluding hydrogens is 377 g/mol. The lowest BCUT2D eigenvalue weighted by molar-refractivity contribution is 0.455. The van der Waals surface area contributed by atoms with Crippen molar-refractivity contribution in [2.75, 3.05) is 5.73 Å². The van der Waals surface area contributed by atoms with Crippen molar-refractivity contribution in [1.82, 2.24) is 9.97 Å². The largest absolute Gasteiger partial charge is 0.569 e. The van der Waals surface area contributed by atoms with Crippen LogP contribution < -0.4 is 10.4 Å². The van der Waals surface area contributed by atoms with Crippen molar-refractivity contribution in [1.29, 1.82) is 0 Å². The molecule has 3 rings (SSSR count). The van der Waals surface area contributed by atoms with Crippen molar-refractivity contribution in [3.8, 4) is 17.0 Å². The lowest BCUT2D eigenvalue weighted by Crippen LogP contribution is -1.97. The molecule has 0 fully saturated rings. The van der Waals surface area contributed by atoms with E-state index in [-0.39, 0.29) is 0 Å². The van der Waals surface area contributed by atoms with Gasteiger partial charge in [0.2, 0.25) is 0 Å². The summed E-state index contributed by atoms with van der Waals surface area (Å²) in [6.45, 7) is 2.05. The minimum Gasteiger partial charge on any atom is -0.537 e. The molecule has 1 radical (unpaired) electrons. The number of benzene rings is 1. The lowest BCUT2D eigenvalue weighted by atomic mass is 10.1. The number of thiophene rings is 1. The molecule has 0 spiro atoms. The van der Waals surface area contributed by atoms with Gasteiger partial charge in [0, 0.05) is 10.9 Å². The van der Waals surface area contributed by atoms with Crippen LogP contribution in [0.5, 0.6) is 5.75 Å². The standard InChI is InChI=1S/C11H10BrN3.C4H4BO2S/c1-7-2-4-8(5-3-7)9-6-14-11(13)10(12)15-9;6-5-7-4-1-2-8-3-4/h2-6H,1H3,(H2,13,14);1-3,6H. The molecule has 0 saturated heterocycles. The summed E-state index contributed by atoms with van der Waals surface area (Å²) >= 11 is 4.78. The van der Waals surface area contributed by atoms with Crippen LogP contribution in [0.1, 0.15) is 5.56 Å². The van der Waals surface area contributed by atoms with E-state index in [1.807, 2.05) is 36.6 Å². The van der Waals surface area contributed by atoms with Gasteiger partial charge in [-0.05, 0) is 34.3 Å². The van der Waals surface area contributed by atoms with E-state index in [0.717, 1.165) is 11.3 Å². The first-order valence-electron chi connectivity index (χ1n) is 6.60. The van der Waals surface area contributed by atoms with E-state index in [1.54, 1.807) is 17.6 Å². The molecule has 0 unspecified atom stereocenters. The summed E-state index contributed by atoms with van der Waals surface area (Å²) in [5.74, 6) is 1.09. The number of nitrogens with zero attached hydrogens (tertiary/aromatic N) is 2. The predicted molar refractivity (Wildman–Crippen MR) is 97.2 cm³/mol. The summed E-state index contributed by atoms with van der Waals surface area (Å²) in [6, 6.07) is 9.89. The van der Waals surface area contributed by atoms with E-state index < -0.39 is 0 Å². The fourth-order valence-electron chi connectivity index (χ4n) is 1.62. The number of halogens is 1. The molecule has 3 aromatic rings. The Hall–Kier alpha value is -1.90. The monoisotopic (exact) mass is 390 g/mol. The highest BCUT2D eigenvalue weighted by Crippen LogP contribution is 2.21. The van der Waals surface area contributed by atoms with Crippen molar-refractivity contribution in [2.24, 2.45) is 0 Å². The van der Waals surface area contributed by atoms with Crippen LogP contribution in [-0.4, -0.2) is 22.7 Å². The molecule has 117 valence electrons. The molecule has 1 aromatic carbocycles. The minimum atomic E-state index is 0.408. The smallest absolute Gasteiger partial charge is 0.537 e. The van der Waals surface area contributed by atoms with Gasteiger partial charge in [0.25, 0.3) is 0 Å². The number of rotatable bonds is 3. The van der Waals surface area contributed by atoms with E-state index >= 15 is 0 Å². The molecule has 0 saturated carbocycles. The number of aromatic nitrogens is 2. The molecule has 0 aliphatic heterocycles. The van der Waals surface area contributed by atoms with Crippen LogP contribution in [0.3, 0.4) is 0 Å². The maximum atomic E-state index is 8.10. The van der Waals surface area contributed by atoms with Gasteiger partial charge in [-0.2, -0.15) is 0 Å². The Labute approximate surface area is 147 Å². The van der Waals surface area contributed by atoms with Crippen molar-refractivity contribution in [3.05, 3.63) is 57.5 Å². The number of nitrogens with two attached hydrogens (primary N) is 1. The molecule has 5 nitrogen and oxygen atoms in total. The molecular formula is C15H14BBrN3O2S. The molecule has 0 atom stereocenters. The second kappa shape index (κ2) is 8.66. The molecule has 0 bridgehead atoms. The first kappa shape index (κ1) is 17.5. The molecule has 0 aliphatic rings. The molecule has 2 heterocycles. The Bertz CT molecular complexity index is 739. The first-order valence-corrected chi connectivity index (χ1v) is 8.33. The van der Waals surface area contributed by atoms with Gasteiger partial charge in [0.1, 0.15) is 10.4 Å². The topological polar surface area (TPSA) is 81.3 Å². The number of hydrogen-bond acceptors (Lipinski definition) is 6. The summed E-state index contributed by atoms with van der Waals surface area (Å²) in [4.78, 5) is 8.35. The van der Waals surface area contributed by atoms with E-state index in [4.69, 9.17) is 10.8 Å². The number of nitrogen functional groups attached to an aromatic ring is 1. The zero-order valence-corrected chi connectivity index (χ0v) is 14.7. The highest BCUT2D eigenvalue weighted by atomic mass is 79.9. The zero-order chi connectivity index (χ0) is 16.7. The lowest BCUT2D eigenvalue weighted by Gasteiger charge is -2.02. The maximum Gasteiger partial charge on any atom is 0.569 e. The van der Waals surface area contributed by atoms with Crippen molar-refractivity contribution in [2.45, 2.75) is 6.92 Å². The van der Waals surface area contributed by atoms with Crippen LogP contribution in [0, 0.1) is 6.92 Å². The second-order valence-corrected chi connectivity index (χ2v) is 6.01. The average Bonchev–Trinajstić information content (AvgIpc) is 3.05. The Morgan fingerprint density at radius 3 is 2.57 bits per heavy atom. The highest BCUT2D eigenvalue weighted by molar-refractivity contribution is 9.10. The summed E-state index contributed by atoms with van der Waals surface area (Å²) < 4.78 is 5.17. The third kappa shape index (κ3) is 5.35. The van der Waals surface area contributed by atoms with Gasteiger partial charge in [-0.1, -0.05) is 29.8 Å². The van der Waals surface area contributed by atoms with Crippen LogP contribution >= 0.6 is 27.3 Å². The molecule has 8 heteroatoms. The van der Waals surface area contributed by atoms with Gasteiger partial charge < -0.3 is 15.4 Å². The second-order valence-electron chi connectivity index (χ2n) is 4.48. The number of hydrogen-bond donors (Lipinski definition) is 2. The van der Waals surface area contributed by atoms with E-state index in [1.165, 1.54) is 16.9 Å². The fourth-order valence-corrected chi connectivity index (χ4v) is 2.47. The summed E-state index contributed by atoms with van der Waals surface area (Å²) in [6.07, 6.45) is 1.67. The van der Waals surface area contributed by atoms with E-state index in [2.05, 4.69) is 30.6 Å². The normalized spacial score (nSPS) is 9.70. The quantitative estimate of drug-likeness (QED) is 0.669. The number of aryl methyl sites for hydroxylation is 1. The third-order valence-electron chi connectivity index (χ3n) is 2.79. The van der Waals surface area contributed by atoms with Crippen molar-refractivity contribution < 1.29 is 9.68 Å². The molecule has 0 amide bonds. The third-order valence-corrected chi connectivity index (χ3v) is 4.03. The van der Waals surface area contributed by atoms with Gasteiger partial charge in [0.05, 0.1) is 11.9 Å². The molecule has 2 aromatic heterocycles. The Morgan fingerprint density at radius 1 is 1.26 bits per heavy atom. The number of anilines is 1. The SMILES string of the molecule is Cc1ccc(-c2cnc(N)c(Br)n2)cc1.O[B]Oc1ccsc1. The van der Waals surface area contributed by atoms with Gasteiger partial charge in [0.15, 0.2) is 5.82 Å². The zero-order valence-electron chi connectivity index (χ0n) is 12.3. The van der Waals surface area contributed by atoms with Crippen LogP contribution in [0.25, 0.3) is 11.3 Å². The van der Waals surface area contributed by atoms with Crippen LogP contribution in [0.4, 0.5) is 5.82 Å². The average molecular weight is 391 g/mol.